The molecule has 442 valence electrons. The van der Waals surface area contributed by atoms with Crippen LogP contribution in [-0.2, 0) is 38.0 Å². The Kier molecular flexibility index (Phi) is 43.5. The number of esters is 2. The number of unbranched alkanes of at least 4 members (excludes halogenated alkanes) is 34. The Labute approximate surface area is 454 Å². The highest BCUT2D eigenvalue weighted by molar-refractivity contribution is 5.70. The van der Waals surface area contributed by atoms with Gasteiger partial charge in [0.15, 0.2) is 18.7 Å². The number of rotatable bonds is 50. The van der Waals surface area contributed by atoms with E-state index in [9.17, 15) is 45.3 Å². The molecule has 0 aromatic rings. The molecule has 2 aliphatic heterocycles. The van der Waals surface area contributed by atoms with E-state index < -0.39 is 92.7 Å². The Morgan fingerprint density at radius 3 is 1.17 bits per heavy atom. The summed E-state index contributed by atoms with van der Waals surface area (Å²) in [6, 6.07) is 0. The minimum Gasteiger partial charge on any atom is -0.462 e. The summed E-state index contributed by atoms with van der Waals surface area (Å²) in [6.07, 6.45) is 33.8. The molecule has 2 rings (SSSR count). The molecular formula is C60H112O15. The van der Waals surface area contributed by atoms with Gasteiger partial charge < -0.3 is 64.2 Å². The molecule has 0 amide bonds. The fourth-order valence-corrected chi connectivity index (χ4v) is 9.98. The molecule has 0 aliphatic carbocycles. The highest BCUT2D eigenvalue weighted by Gasteiger charge is 2.47. The average Bonchev–Trinajstić information content (AvgIpc) is 3.40. The third kappa shape index (κ3) is 34.1. The summed E-state index contributed by atoms with van der Waals surface area (Å²) < 4.78 is 33.7. The molecular weight excluding hydrogens is 961 g/mol. The van der Waals surface area contributed by atoms with Crippen molar-refractivity contribution in [3.63, 3.8) is 0 Å². The third-order valence-corrected chi connectivity index (χ3v) is 15.0. The first kappa shape index (κ1) is 69.3. The summed E-state index contributed by atoms with van der Waals surface area (Å²) in [6.45, 7) is 2.64. The van der Waals surface area contributed by atoms with Gasteiger partial charge in [-0.05, 0) is 38.5 Å². The number of carbonyl (C=O) groups excluding carboxylic acids is 2. The molecule has 0 radical (unpaired) electrons. The molecule has 2 aliphatic rings. The van der Waals surface area contributed by atoms with E-state index in [2.05, 4.69) is 26.0 Å². The van der Waals surface area contributed by atoms with Gasteiger partial charge in [-0.25, -0.2) is 0 Å². The minimum atomic E-state index is -1.76. The van der Waals surface area contributed by atoms with Gasteiger partial charge in [-0.1, -0.05) is 225 Å². The number of ether oxygens (including phenoxy) is 6. The van der Waals surface area contributed by atoms with Gasteiger partial charge in [0.1, 0.15) is 55.4 Å². The standard InChI is InChI=1S/C60H112O15/c1-3-5-7-9-11-13-15-17-19-21-22-23-24-25-27-28-30-32-34-36-38-40-42-51(62)70-45-48(73-52(63)43-41-39-37-35-33-31-29-26-20-18-16-14-12-10-8-6-4-2)46-71-59-58(69)56(67)54(65)50(75-59)47-72-60-57(68)55(66)53(64)49(44-61)74-60/h18,20,48-50,53-61,64-69H,3-17,19,21-47H2,1-2H3/b20-18-. The van der Waals surface area contributed by atoms with Crippen molar-refractivity contribution in [3.8, 4) is 0 Å². The lowest BCUT2D eigenvalue weighted by atomic mass is 9.98. The molecule has 15 nitrogen and oxygen atoms in total. The van der Waals surface area contributed by atoms with Crippen molar-refractivity contribution in [3.05, 3.63) is 12.2 Å². The van der Waals surface area contributed by atoms with Gasteiger partial charge in [0.2, 0.25) is 0 Å². The Hall–Kier alpha value is -1.76. The first-order valence-electron chi connectivity index (χ1n) is 30.8. The summed E-state index contributed by atoms with van der Waals surface area (Å²) in [5.41, 5.74) is 0. The number of aliphatic hydroxyl groups excluding tert-OH is 7. The Morgan fingerprint density at radius 1 is 0.413 bits per heavy atom. The smallest absolute Gasteiger partial charge is 0.306 e. The van der Waals surface area contributed by atoms with Crippen LogP contribution in [0.5, 0.6) is 0 Å². The summed E-state index contributed by atoms with van der Waals surface area (Å²) >= 11 is 0. The SMILES string of the molecule is CCCCCCCC/C=C\CCCCCCCCCC(=O)OC(COC(=O)CCCCCCCCCCCCCCCCCCCCCCCC)COC1OC(COC2OC(CO)C(O)C(O)C2O)C(O)C(O)C1O. The maximum atomic E-state index is 13.1. The predicted octanol–water partition coefficient (Wildman–Crippen LogP) is 10.9. The van der Waals surface area contributed by atoms with Crippen molar-refractivity contribution in [2.75, 3.05) is 26.4 Å². The van der Waals surface area contributed by atoms with Crippen molar-refractivity contribution in [1.29, 1.82) is 0 Å². The van der Waals surface area contributed by atoms with Crippen molar-refractivity contribution in [1.82, 2.24) is 0 Å². The third-order valence-electron chi connectivity index (χ3n) is 15.0. The largest absolute Gasteiger partial charge is 0.462 e. The monoisotopic (exact) mass is 1070 g/mol. The average molecular weight is 1070 g/mol. The van der Waals surface area contributed by atoms with Gasteiger partial charge in [-0.15, -0.1) is 0 Å². The second kappa shape index (κ2) is 47.1. The topological polar surface area (TPSA) is 231 Å². The maximum absolute atomic E-state index is 13.1. The van der Waals surface area contributed by atoms with E-state index in [1.807, 2.05) is 0 Å². The summed E-state index contributed by atoms with van der Waals surface area (Å²) in [7, 11) is 0. The number of hydrogen-bond acceptors (Lipinski definition) is 15. The highest BCUT2D eigenvalue weighted by Crippen LogP contribution is 2.27. The Bertz CT molecular complexity index is 1350. The molecule has 0 saturated carbocycles. The van der Waals surface area contributed by atoms with Crippen LogP contribution < -0.4 is 0 Å². The second-order valence-corrected chi connectivity index (χ2v) is 21.9. The van der Waals surface area contributed by atoms with E-state index in [4.69, 9.17) is 28.4 Å². The number of hydrogen-bond donors (Lipinski definition) is 7. The van der Waals surface area contributed by atoms with Gasteiger partial charge in [0.25, 0.3) is 0 Å². The summed E-state index contributed by atoms with van der Waals surface area (Å²) in [4.78, 5) is 25.9. The van der Waals surface area contributed by atoms with Gasteiger partial charge in [-0.2, -0.15) is 0 Å². The minimum absolute atomic E-state index is 0.165. The predicted molar refractivity (Wildman–Crippen MR) is 294 cm³/mol. The molecule has 75 heavy (non-hydrogen) atoms. The fraction of sp³-hybridized carbons (Fsp3) is 0.933. The van der Waals surface area contributed by atoms with Crippen LogP contribution in [0.15, 0.2) is 12.2 Å². The highest BCUT2D eigenvalue weighted by atomic mass is 16.7. The molecule has 0 aromatic carbocycles. The van der Waals surface area contributed by atoms with Gasteiger partial charge in [-0.3, -0.25) is 9.59 Å². The van der Waals surface area contributed by atoms with Crippen LogP contribution in [0.3, 0.4) is 0 Å². The molecule has 11 unspecified atom stereocenters. The van der Waals surface area contributed by atoms with E-state index in [1.165, 1.54) is 173 Å². The molecule has 2 saturated heterocycles. The summed E-state index contributed by atoms with van der Waals surface area (Å²) in [5, 5.41) is 72.3. The van der Waals surface area contributed by atoms with Crippen molar-refractivity contribution in [2.24, 2.45) is 0 Å². The molecule has 7 N–H and O–H groups in total. The van der Waals surface area contributed by atoms with Crippen LogP contribution in [0.25, 0.3) is 0 Å². The lowest BCUT2D eigenvalue weighted by molar-refractivity contribution is -0.332. The summed E-state index contributed by atoms with van der Waals surface area (Å²) in [5.74, 6) is -0.912. The first-order valence-corrected chi connectivity index (χ1v) is 30.8. The zero-order chi connectivity index (χ0) is 54.6. The van der Waals surface area contributed by atoms with Crippen LogP contribution in [-0.4, -0.2) is 142 Å². The van der Waals surface area contributed by atoms with E-state index in [1.54, 1.807) is 0 Å². The fourth-order valence-electron chi connectivity index (χ4n) is 9.98. The van der Waals surface area contributed by atoms with Gasteiger partial charge >= 0.3 is 11.9 Å². The zero-order valence-electron chi connectivity index (χ0n) is 47.3. The maximum Gasteiger partial charge on any atom is 0.306 e. The first-order chi connectivity index (χ1) is 36.5. The van der Waals surface area contributed by atoms with Crippen LogP contribution >= 0.6 is 0 Å². The van der Waals surface area contributed by atoms with Crippen LogP contribution in [0, 0.1) is 0 Å². The van der Waals surface area contributed by atoms with Crippen LogP contribution in [0.4, 0.5) is 0 Å². The van der Waals surface area contributed by atoms with Gasteiger partial charge in [0.05, 0.1) is 19.8 Å². The Morgan fingerprint density at radius 2 is 0.760 bits per heavy atom. The van der Waals surface area contributed by atoms with Crippen LogP contribution in [0.1, 0.15) is 264 Å². The van der Waals surface area contributed by atoms with Crippen molar-refractivity contribution in [2.45, 2.75) is 332 Å². The van der Waals surface area contributed by atoms with Crippen LogP contribution in [0.2, 0.25) is 0 Å². The molecule has 0 bridgehead atoms. The van der Waals surface area contributed by atoms with E-state index in [0.717, 1.165) is 51.4 Å². The number of allylic oxidation sites excluding steroid dienone is 2. The molecule has 2 fully saturated rings. The van der Waals surface area contributed by atoms with Crippen molar-refractivity contribution < 1.29 is 73.8 Å². The molecule has 0 spiro atoms. The molecule has 15 heteroatoms. The quantitative estimate of drug-likeness (QED) is 0.0171. The van der Waals surface area contributed by atoms with E-state index in [-0.39, 0.29) is 26.1 Å². The second-order valence-electron chi connectivity index (χ2n) is 21.9. The lowest BCUT2D eigenvalue weighted by Gasteiger charge is -2.42. The molecule has 2 heterocycles. The van der Waals surface area contributed by atoms with Crippen molar-refractivity contribution >= 4 is 11.9 Å². The molecule has 11 atom stereocenters. The lowest BCUT2D eigenvalue weighted by Crippen LogP contribution is -2.61. The molecule has 0 aromatic heterocycles. The van der Waals surface area contributed by atoms with E-state index >= 15 is 0 Å². The van der Waals surface area contributed by atoms with E-state index in [0.29, 0.717) is 12.8 Å². The number of aliphatic hydroxyl groups is 7. The normalized spacial score (nSPS) is 24.5. The zero-order valence-corrected chi connectivity index (χ0v) is 47.3. The van der Waals surface area contributed by atoms with Gasteiger partial charge in [0, 0.05) is 12.8 Å². The Balaban J connectivity index is 1.71. The number of carbonyl (C=O) groups is 2.